The van der Waals surface area contributed by atoms with Crippen molar-refractivity contribution in [2.24, 2.45) is 17.3 Å². The van der Waals surface area contributed by atoms with E-state index in [0.717, 1.165) is 17.5 Å². The predicted octanol–water partition coefficient (Wildman–Crippen LogP) is 2.39. The first-order valence-corrected chi connectivity index (χ1v) is 8.64. The summed E-state index contributed by atoms with van der Waals surface area (Å²) in [6.07, 6.45) is 4.16. The van der Waals surface area contributed by atoms with Crippen LogP contribution in [0, 0.1) is 17.3 Å². The zero-order chi connectivity index (χ0) is 17.3. The van der Waals surface area contributed by atoms with E-state index in [4.69, 9.17) is 16.3 Å². The summed E-state index contributed by atoms with van der Waals surface area (Å²) in [5.41, 5.74) is 0.630. The molecule has 0 unspecified atom stereocenters. The minimum atomic E-state index is -1.24. The Labute approximate surface area is 145 Å². The molecule has 24 heavy (non-hydrogen) atoms. The molecule has 2 aromatic rings. The fraction of sp³-hybridized carbons (Fsp3) is 0.647. The standard InChI is InChI=1S/C17H22ClN3O3/c1-9-13(24-16(2,3)23)12(11-6-17(9,11)7-22)21-5-4-10-14(18)19-8-20-15(10)21/h4-5,8-9,11-13,22-23H,6-7H2,1-3H3/t9-,11+,12+,13+,17+/m0/s1. The minimum absolute atomic E-state index is 0.00189. The van der Waals surface area contributed by atoms with Crippen molar-refractivity contribution in [2.75, 3.05) is 6.61 Å². The van der Waals surface area contributed by atoms with E-state index in [-0.39, 0.29) is 30.1 Å². The third kappa shape index (κ3) is 2.20. The van der Waals surface area contributed by atoms with Gasteiger partial charge in [-0.25, -0.2) is 9.97 Å². The zero-order valence-electron chi connectivity index (χ0n) is 14.0. The van der Waals surface area contributed by atoms with E-state index in [2.05, 4.69) is 21.5 Å². The Balaban J connectivity index is 1.80. The summed E-state index contributed by atoms with van der Waals surface area (Å²) in [4.78, 5) is 8.42. The maximum Gasteiger partial charge on any atom is 0.160 e. The van der Waals surface area contributed by atoms with E-state index >= 15 is 0 Å². The maximum atomic E-state index is 10.2. The van der Waals surface area contributed by atoms with Crippen LogP contribution in [-0.4, -0.2) is 43.2 Å². The molecule has 6 nitrogen and oxygen atoms in total. The van der Waals surface area contributed by atoms with Gasteiger partial charge in [0.1, 0.15) is 17.1 Å². The quantitative estimate of drug-likeness (QED) is 0.653. The van der Waals surface area contributed by atoms with E-state index in [9.17, 15) is 10.2 Å². The molecule has 0 radical (unpaired) electrons. The van der Waals surface area contributed by atoms with Crippen molar-refractivity contribution in [1.82, 2.24) is 14.5 Å². The van der Waals surface area contributed by atoms with Crippen molar-refractivity contribution >= 4 is 22.6 Å². The number of aliphatic hydroxyl groups is 2. The lowest BCUT2D eigenvalue weighted by Crippen LogP contribution is -2.39. The van der Waals surface area contributed by atoms with Gasteiger partial charge in [0.05, 0.1) is 17.5 Å². The molecule has 0 aliphatic heterocycles. The topological polar surface area (TPSA) is 80.4 Å². The zero-order valence-corrected chi connectivity index (χ0v) is 14.7. The second kappa shape index (κ2) is 5.14. The molecule has 2 aliphatic rings. The molecule has 2 heterocycles. The third-order valence-corrected chi connectivity index (χ3v) is 6.13. The molecule has 0 bridgehead atoms. The van der Waals surface area contributed by atoms with E-state index in [1.807, 2.05) is 12.3 Å². The Morgan fingerprint density at radius 1 is 1.46 bits per heavy atom. The van der Waals surface area contributed by atoms with Gasteiger partial charge in [-0.05, 0) is 38.2 Å². The SMILES string of the molecule is C[C@H]1[C@@H](OC(C)(C)O)[C@H](n2ccc3c(Cl)ncnc32)[C@H]2C[C@]21CO. The molecule has 130 valence electrons. The van der Waals surface area contributed by atoms with Gasteiger partial charge in [-0.15, -0.1) is 0 Å². The first kappa shape index (κ1) is 16.3. The van der Waals surface area contributed by atoms with Crippen LogP contribution in [0.4, 0.5) is 0 Å². The van der Waals surface area contributed by atoms with Crippen LogP contribution < -0.4 is 0 Å². The fourth-order valence-corrected chi connectivity index (χ4v) is 4.74. The van der Waals surface area contributed by atoms with Gasteiger partial charge >= 0.3 is 0 Å². The monoisotopic (exact) mass is 351 g/mol. The van der Waals surface area contributed by atoms with Gasteiger partial charge < -0.3 is 19.5 Å². The third-order valence-electron chi connectivity index (χ3n) is 5.83. The number of ether oxygens (including phenoxy) is 1. The summed E-state index contributed by atoms with van der Waals surface area (Å²) in [5.74, 6) is -0.798. The van der Waals surface area contributed by atoms with E-state index < -0.39 is 5.79 Å². The van der Waals surface area contributed by atoms with Gasteiger partial charge in [0.2, 0.25) is 0 Å². The summed E-state index contributed by atoms with van der Waals surface area (Å²) >= 11 is 6.17. The van der Waals surface area contributed by atoms with Crippen molar-refractivity contribution in [2.45, 2.75) is 45.1 Å². The lowest BCUT2D eigenvalue weighted by atomic mass is 9.90. The molecule has 7 heteroatoms. The van der Waals surface area contributed by atoms with Crippen LogP contribution in [0.3, 0.4) is 0 Å². The highest BCUT2D eigenvalue weighted by Crippen LogP contribution is 2.71. The molecule has 0 amide bonds. The Morgan fingerprint density at radius 3 is 2.88 bits per heavy atom. The van der Waals surface area contributed by atoms with E-state index in [0.29, 0.717) is 11.1 Å². The fourth-order valence-electron chi connectivity index (χ4n) is 4.55. The second-order valence-electron chi connectivity index (χ2n) is 7.64. The van der Waals surface area contributed by atoms with Crippen molar-refractivity contribution < 1.29 is 14.9 Å². The number of halogens is 1. The van der Waals surface area contributed by atoms with Gasteiger partial charge in [-0.2, -0.15) is 0 Å². The van der Waals surface area contributed by atoms with Crippen molar-refractivity contribution in [3.05, 3.63) is 23.7 Å². The van der Waals surface area contributed by atoms with Crippen LogP contribution in [0.25, 0.3) is 11.0 Å². The minimum Gasteiger partial charge on any atom is -0.396 e. The molecule has 0 saturated heterocycles. The molecule has 4 rings (SSSR count). The molecule has 2 aliphatic carbocycles. The highest BCUT2D eigenvalue weighted by molar-refractivity contribution is 6.33. The van der Waals surface area contributed by atoms with Gasteiger partial charge in [0.15, 0.2) is 5.79 Å². The number of aromatic nitrogens is 3. The molecule has 2 aromatic heterocycles. The number of fused-ring (bicyclic) bond motifs is 2. The van der Waals surface area contributed by atoms with Crippen LogP contribution in [0.15, 0.2) is 18.6 Å². The number of hydrogen-bond donors (Lipinski definition) is 2. The summed E-state index contributed by atoms with van der Waals surface area (Å²) in [6.45, 7) is 5.51. The number of rotatable bonds is 4. The van der Waals surface area contributed by atoms with E-state index in [1.54, 1.807) is 13.8 Å². The number of nitrogens with zero attached hydrogens (tertiary/aromatic N) is 3. The second-order valence-corrected chi connectivity index (χ2v) is 7.99. The lowest BCUT2D eigenvalue weighted by Gasteiger charge is -2.34. The van der Waals surface area contributed by atoms with Gasteiger partial charge in [0.25, 0.3) is 0 Å². The molecule has 2 fully saturated rings. The van der Waals surface area contributed by atoms with Crippen LogP contribution >= 0.6 is 11.6 Å². The van der Waals surface area contributed by atoms with Gasteiger partial charge in [0, 0.05) is 18.2 Å². The molecular weight excluding hydrogens is 330 g/mol. The van der Waals surface area contributed by atoms with Crippen LogP contribution in [0.1, 0.15) is 33.2 Å². The Hall–Kier alpha value is -1.21. The van der Waals surface area contributed by atoms with Gasteiger partial charge in [-0.1, -0.05) is 18.5 Å². The summed E-state index contributed by atoms with van der Waals surface area (Å²) in [7, 11) is 0. The number of hydrogen-bond acceptors (Lipinski definition) is 5. The molecular formula is C17H22ClN3O3. The highest BCUT2D eigenvalue weighted by Gasteiger charge is 2.70. The number of aliphatic hydroxyl groups excluding tert-OH is 1. The van der Waals surface area contributed by atoms with E-state index in [1.165, 1.54) is 6.33 Å². The summed E-state index contributed by atoms with van der Waals surface area (Å²) in [6, 6.07) is 1.91. The predicted molar refractivity (Wildman–Crippen MR) is 89.5 cm³/mol. The largest absolute Gasteiger partial charge is 0.396 e. The smallest absolute Gasteiger partial charge is 0.160 e. The molecule has 0 spiro atoms. The highest BCUT2D eigenvalue weighted by atomic mass is 35.5. The molecule has 2 N–H and O–H groups in total. The van der Waals surface area contributed by atoms with Crippen LogP contribution in [-0.2, 0) is 4.74 Å². The maximum absolute atomic E-state index is 10.2. The van der Waals surface area contributed by atoms with Gasteiger partial charge in [-0.3, -0.25) is 0 Å². The Bertz CT molecular complexity index is 787. The van der Waals surface area contributed by atoms with Crippen LogP contribution in [0.5, 0.6) is 0 Å². The van der Waals surface area contributed by atoms with Crippen molar-refractivity contribution in [1.29, 1.82) is 0 Å². The summed E-state index contributed by atoms with van der Waals surface area (Å²) < 4.78 is 8.08. The van der Waals surface area contributed by atoms with Crippen molar-refractivity contribution in [3.8, 4) is 0 Å². The molecule has 2 saturated carbocycles. The molecule has 0 aromatic carbocycles. The average molecular weight is 352 g/mol. The normalized spacial score (nSPS) is 35.4. The Morgan fingerprint density at radius 2 is 2.21 bits per heavy atom. The van der Waals surface area contributed by atoms with Crippen LogP contribution in [0.2, 0.25) is 5.15 Å². The average Bonchev–Trinajstić information content (AvgIpc) is 3.01. The van der Waals surface area contributed by atoms with Crippen molar-refractivity contribution in [3.63, 3.8) is 0 Å². The Kier molecular flexibility index (Phi) is 3.49. The molecule has 5 atom stereocenters. The first-order chi connectivity index (χ1) is 11.3. The first-order valence-electron chi connectivity index (χ1n) is 8.26. The summed E-state index contributed by atoms with van der Waals surface area (Å²) in [5, 5.41) is 21.4. The lowest BCUT2D eigenvalue weighted by molar-refractivity contribution is -0.223.